The third kappa shape index (κ3) is 4.65. The van der Waals surface area contributed by atoms with E-state index in [1.807, 2.05) is 12.1 Å². The normalized spacial score (nSPS) is 15.7. The predicted molar refractivity (Wildman–Crippen MR) is 126 cm³/mol. The zero-order chi connectivity index (χ0) is 24.5. The highest BCUT2D eigenvalue weighted by atomic mass is 19.1. The summed E-state index contributed by atoms with van der Waals surface area (Å²) in [5.41, 5.74) is 3.96. The molecule has 0 aliphatic carbocycles. The largest absolute Gasteiger partial charge is 0.508 e. The summed E-state index contributed by atoms with van der Waals surface area (Å²) in [6.07, 6.45) is 1.65. The van der Waals surface area contributed by atoms with E-state index in [4.69, 9.17) is 9.84 Å². The highest BCUT2D eigenvalue weighted by Crippen LogP contribution is 2.35. The minimum absolute atomic E-state index is 0.0655. The summed E-state index contributed by atoms with van der Waals surface area (Å²) in [6, 6.07) is 17.5. The first-order valence-corrected chi connectivity index (χ1v) is 11.2. The number of ether oxygens (including phenoxy) is 1. The van der Waals surface area contributed by atoms with Crippen molar-refractivity contribution in [2.24, 2.45) is 0 Å². The number of aromatic nitrogens is 2. The number of hydrogen-bond donors (Lipinski definition) is 1. The Morgan fingerprint density at radius 1 is 1.06 bits per heavy atom. The van der Waals surface area contributed by atoms with Gasteiger partial charge in [-0.15, -0.1) is 0 Å². The van der Waals surface area contributed by atoms with Crippen LogP contribution in [0.3, 0.4) is 0 Å². The van der Waals surface area contributed by atoms with Crippen molar-refractivity contribution in [1.29, 1.82) is 0 Å². The number of phenols is 1. The van der Waals surface area contributed by atoms with Gasteiger partial charge < -0.3 is 14.7 Å². The average Bonchev–Trinajstić information content (AvgIpc) is 3.44. The molecule has 1 atom stereocenters. The molecule has 35 heavy (non-hydrogen) atoms. The number of halogens is 2. The van der Waals surface area contributed by atoms with E-state index in [0.717, 1.165) is 5.56 Å². The van der Waals surface area contributed by atoms with E-state index in [1.54, 1.807) is 59.1 Å². The van der Waals surface area contributed by atoms with E-state index in [9.17, 15) is 18.7 Å². The van der Waals surface area contributed by atoms with E-state index >= 15 is 0 Å². The zero-order valence-electron chi connectivity index (χ0n) is 19.0. The van der Waals surface area contributed by atoms with Gasteiger partial charge >= 0.3 is 0 Å². The fourth-order valence-corrected chi connectivity index (χ4v) is 4.17. The summed E-state index contributed by atoms with van der Waals surface area (Å²) in [4.78, 5) is 14.4. The molecule has 2 heterocycles. The first-order valence-electron chi connectivity index (χ1n) is 11.2. The Bertz CT molecular complexity index is 1370. The molecule has 5 rings (SSSR count). The summed E-state index contributed by atoms with van der Waals surface area (Å²) < 4.78 is 35.0. The summed E-state index contributed by atoms with van der Waals surface area (Å²) in [5.74, 6) is -0.652. The second kappa shape index (κ2) is 9.31. The van der Waals surface area contributed by atoms with E-state index < -0.39 is 6.23 Å². The van der Waals surface area contributed by atoms with Crippen LogP contribution in [-0.2, 0) is 16.0 Å². The van der Waals surface area contributed by atoms with Crippen molar-refractivity contribution in [3.63, 3.8) is 0 Å². The van der Waals surface area contributed by atoms with Crippen LogP contribution >= 0.6 is 0 Å². The van der Waals surface area contributed by atoms with Crippen LogP contribution in [0.1, 0.15) is 22.9 Å². The second-order valence-corrected chi connectivity index (χ2v) is 8.48. The van der Waals surface area contributed by atoms with Crippen molar-refractivity contribution in [2.75, 3.05) is 13.2 Å². The van der Waals surface area contributed by atoms with Gasteiger partial charge in [0.2, 0.25) is 0 Å². The smallest absolute Gasteiger partial charge is 0.250 e. The summed E-state index contributed by atoms with van der Waals surface area (Å²) in [5, 5.41) is 14.2. The average molecular weight is 475 g/mol. The number of carbonyl (C=O) groups is 1. The Balaban J connectivity index is 1.52. The van der Waals surface area contributed by atoms with Gasteiger partial charge in [-0.05, 0) is 79.1 Å². The molecule has 1 N–H and O–H groups in total. The molecule has 1 fully saturated rings. The molecule has 0 saturated carbocycles. The number of phenolic OH excluding ortho intramolecular Hbond substituents is 1. The lowest BCUT2D eigenvalue weighted by Crippen LogP contribution is -2.30. The molecule has 1 unspecified atom stereocenters. The molecule has 8 heteroatoms. The summed E-state index contributed by atoms with van der Waals surface area (Å²) in [6.45, 7) is 2.01. The highest BCUT2D eigenvalue weighted by Gasteiger charge is 2.36. The second-order valence-electron chi connectivity index (χ2n) is 8.48. The van der Waals surface area contributed by atoms with Crippen molar-refractivity contribution in [2.45, 2.75) is 19.6 Å². The number of aromatic hydroxyl groups is 1. The Kier molecular flexibility index (Phi) is 6.05. The predicted octanol–water partition coefficient (Wildman–Crippen LogP) is 4.93. The van der Waals surface area contributed by atoms with Crippen LogP contribution < -0.4 is 0 Å². The fraction of sp³-hybridized carbons (Fsp3) is 0.185. The molecular formula is C27H23F2N3O3. The van der Waals surface area contributed by atoms with E-state index in [1.165, 1.54) is 18.2 Å². The standard InChI is InChI=1S/C27H23F2N3O3/c1-17-14-21(8-11-24(17)29)32-15-23(26(30-32)19-4-6-20(28)7-5-19)27-31(25(34)16-35-27)13-12-18-2-9-22(33)10-3-18/h2-11,14-15,27,33H,12-13,16H2,1H3. The monoisotopic (exact) mass is 475 g/mol. The van der Waals surface area contributed by atoms with Gasteiger partial charge in [0.15, 0.2) is 6.23 Å². The Labute approximate surface area is 201 Å². The summed E-state index contributed by atoms with van der Waals surface area (Å²) >= 11 is 0. The van der Waals surface area contributed by atoms with Gasteiger partial charge in [-0.1, -0.05) is 12.1 Å². The fourth-order valence-electron chi connectivity index (χ4n) is 4.17. The maximum atomic E-state index is 13.8. The van der Waals surface area contributed by atoms with Crippen LogP contribution in [0, 0.1) is 18.6 Å². The number of nitrogens with zero attached hydrogens (tertiary/aromatic N) is 3. The van der Waals surface area contributed by atoms with Crippen LogP contribution in [0.25, 0.3) is 16.9 Å². The van der Waals surface area contributed by atoms with E-state index in [0.29, 0.717) is 41.0 Å². The Morgan fingerprint density at radius 2 is 1.80 bits per heavy atom. The van der Waals surface area contributed by atoms with Crippen LogP contribution in [0.15, 0.2) is 72.9 Å². The molecule has 4 aromatic rings. The topological polar surface area (TPSA) is 67.6 Å². The zero-order valence-corrected chi connectivity index (χ0v) is 19.0. The molecule has 0 radical (unpaired) electrons. The van der Waals surface area contributed by atoms with E-state index in [-0.39, 0.29) is 29.9 Å². The number of amides is 1. The number of aryl methyl sites for hydroxylation is 1. The van der Waals surface area contributed by atoms with Gasteiger partial charge in [0.1, 0.15) is 29.7 Å². The SMILES string of the molecule is Cc1cc(-n2cc(C3OCC(=O)N3CCc3ccc(O)cc3)c(-c3ccc(F)cc3)n2)ccc1F. The highest BCUT2D eigenvalue weighted by molar-refractivity contribution is 5.80. The number of hydrogen-bond acceptors (Lipinski definition) is 4. The molecule has 1 saturated heterocycles. The maximum Gasteiger partial charge on any atom is 0.250 e. The van der Waals surface area contributed by atoms with Gasteiger partial charge in [-0.2, -0.15) is 5.10 Å². The third-order valence-electron chi connectivity index (χ3n) is 6.08. The van der Waals surface area contributed by atoms with Crippen LogP contribution in [0.2, 0.25) is 0 Å². The molecule has 1 aliphatic rings. The first-order chi connectivity index (χ1) is 16.9. The van der Waals surface area contributed by atoms with Crippen molar-refractivity contribution < 1.29 is 23.4 Å². The van der Waals surface area contributed by atoms with Gasteiger partial charge in [0.25, 0.3) is 5.91 Å². The third-order valence-corrected chi connectivity index (χ3v) is 6.08. The van der Waals surface area contributed by atoms with Crippen molar-refractivity contribution >= 4 is 5.91 Å². The minimum atomic E-state index is -0.685. The van der Waals surface area contributed by atoms with Gasteiger partial charge in [0, 0.05) is 23.9 Å². The molecule has 0 bridgehead atoms. The Morgan fingerprint density at radius 3 is 2.51 bits per heavy atom. The van der Waals surface area contributed by atoms with Crippen LogP contribution in [-0.4, -0.2) is 38.8 Å². The number of benzene rings is 3. The molecule has 6 nitrogen and oxygen atoms in total. The maximum absolute atomic E-state index is 13.8. The molecule has 0 spiro atoms. The lowest BCUT2D eigenvalue weighted by atomic mass is 10.1. The van der Waals surface area contributed by atoms with E-state index in [2.05, 4.69) is 0 Å². The van der Waals surface area contributed by atoms with Gasteiger partial charge in [-0.25, -0.2) is 13.5 Å². The quantitative estimate of drug-likeness (QED) is 0.429. The molecule has 3 aromatic carbocycles. The molecular weight excluding hydrogens is 452 g/mol. The van der Waals surface area contributed by atoms with Gasteiger partial charge in [0.05, 0.1) is 5.69 Å². The van der Waals surface area contributed by atoms with Crippen LogP contribution in [0.4, 0.5) is 8.78 Å². The lowest BCUT2D eigenvalue weighted by molar-refractivity contribution is -0.128. The molecule has 1 amide bonds. The van der Waals surface area contributed by atoms with Crippen molar-refractivity contribution in [3.8, 4) is 22.7 Å². The van der Waals surface area contributed by atoms with Crippen LogP contribution in [0.5, 0.6) is 5.75 Å². The Hall–Kier alpha value is -4.04. The first kappa shape index (κ1) is 22.7. The lowest BCUT2D eigenvalue weighted by Gasteiger charge is -2.23. The summed E-state index contributed by atoms with van der Waals surface area (Å²) in [7, 11) is 0. The van der Waals surface area contributed by atoms with Crippen molar-refractivity contribution in [3.05, 3.63) is 101 Å². The van der Waals surface area contributed by atoms with Crippen molar-refractivity contribution in [1.82, 2.24) is 14.7 Å². The molecule has 1 aromatic heterocycles. The molecule has 1 aliphatic heterocycles. The molecule has 178 valence electrons. The number of carbonyl (C=O) groups excluding carboxylic acids is 1. The number of rotatable bonds is 6. The minimum Gasteiger partial charge on any atom is -0.508 e. The van der Waals surface area contributed by atoms with Gasteiger partial charge in [-0.3, -0.25) is 4.79 Å².